The Labute approximate surface area is 149 Å². The van der Waals surface area contributed by atoms with Crippen LogP contribution in [0.1, 0.15) is 27.7 Å². The van der Waals surface area contributed by atoms with Gasteiger partial charge in [-0.2, -0.15) is 5.10 Å². The first-order chi connectivity index (χ1) is 12.4. The molecule has 2 heterocycles. The third-order valence-corrected chi connectivity index (χ3v) is 3.55. The highest BCUT2D eigenvalue weighted by Gasteiger charge is 2.09. The molecule has 0 radical (unpaired) electrons. The molecule has 0 amide bonds. The van der Waals surface area contributed by atoms with Gasteiger partial charge in [-0.15, -0.1) is 0 Å². The fraction of sp³-hybridized carbons (Fsp3) is 0.182. The first-order valence-electron chi connectivity index (χ1n) is 8.88. The van der Waals surface area contributed by atoms with Crippen LogP contribution >= 0.6 is 0 Å². The quantitative estimate of drug-likeness (QED) is 0.465. The van der Waals surface area contributed by atoms with Gasteiger partial charge in [-0.25, -0.2) is 4.98 Å². The van der Waals surface area contributed by atoms with Crippen molar-refractivity contribution in [1.29, 1.82) is 0 Å². The van der Waals surface area contributed by atoms with Crippen molar-refractivity contribution in [2.24, 2.45) is 0 Å². The Morgan fingerprint density at radius 1 is 0.640 bits per heavy atom. The Balaban J connectivity index is 0.000000528. The lowest BCUT2D eigenvalue weighted by Crippen LogP contribution is -1.84. The van der Waals surface area contributed by atoms with Crippen LogP contribution in [0, 0.1) is 0 Å². The van der Waals surface area contributed by atoms with E-state index in [0.29, 0.717) is 0 Å². The van der Waals surface area contributed by atoms with Crippen LogP contribution < -0.4 is 0 Å². The van der Waals surface area contributed by atoms with Crippen molar-refractivity contribution in [1.82, 2.24) is 15.2 Å². The van der Waals surface area contributed by atoms with Gasteiger partial charge in [0.05, 0.1) is 11.4 Å². The minimum absolute atomic E-state index is 0.746. The molecule has 0 aliphatic rings. The first-order valence-corrected chi connectivity index (χ1v) is 8.88. The van der Waals surface area contributed by atoms with E-state index in [1.807, 2.05) is 70.2 Å². The number of rotatable bonds is 2. The Hall–Kier alpha value is -2.94. The fourth-order valence-electron chi connectivity index (χ4n) is 2.49. The van der Waals surface area contributed by atoms with E-state index >= 15 is 0 Å². The zero-order chi connectivity index (χ0) is 18.1. The van der Waals surface area contributed by atoms with E-state index < -0.39 is 0 Å². The predicted octanol–water partition coefficient (Wildman–Crippen LogP) is 6.34. The molecule has 2 aromatic carbocycles. The number of pyridine rings is 1. The highest BCUT2D eigenvalue weighted by molar-refractivity contribution is 5.91. The number of nitrogens with zero attached hydrogens (tertiary/aromatic N) is 2. The largest absolute Gasteiger partial charge is 0.275 e. The van der Waals surface area contributed by atoms with Crippen molar-refractivity contribution < 1.29 is 0 Å². The Morgan fingerprint density at radius 2 is 1.20 bits per heavy atom. The molecule has 0 aliphatic heterocycles. The highest BCUT2D eigenvalue weighted by Crippen LogP contribution is 2.27. The van der Waals surface area contributed by atoms with Crippen molar-refractivity contribution in [2.45, 2.75) is 27.7 Å². The second kappa shape index (κ2) is 9.38. The maximum Gasteiger partial charge on any atom is 0.182 e. The molecule has 0 spiro atoms. The van der Waals surface area contributed by atoms with Gasteiger partial charge in [0.15, 0.2) is 5.65 Å². The summed E-state index contributed by atoms with van der Waals surface area (Å²) in [7, 11) is 0. The zero-order valence-electron chi connectivity index (χ0n) is 15.3. The molecule has 1 N–H and O–H groups in total. The summed E-state index contributed by atoms with van der Waals surface area (Å²) in [5, 5.41) is 8.48. The van der Waals surface area contributed by atoms with Gasteiger partial charge < -0.3 is 0 Å². The number of nitrogens with one attached hydrogen (secondary N) is 1. The standard InChI is InChI=1S/C18H13N3.2C2H6/c1-3-7-13(8-4-1)16-12-11-15-17(20-21-18(15)19-16)14-9-5-2-6-10-14;2*1-2/h1-12H,(H,19,20,21);2*1-2H3. The molecular weight excluding hydrogens is 306 g/mol. The van der Waals surface area contributed by atoms with E-state index in [0.717, 1.165) is 33.5 Å². The average molecular weight is 331 g/mol. The topological polar surface area (TPSA) is 41.6 Å². The van der Waals surface area contributed by atoms with Crippen LogP contribution in [0.25, 0.3) is 33.5 Å². The van der Waals surface area contributed by atoms with Crippen molar-refractivity contribution >= 4 is 11.0 Å². The van der Waals surface area contributed by atoms with Gasteiger partial charge in [-0.3, -0.25) is 5.10 Å². The summed E-state index contributed by atoms with van der Waals surface area (Å²) < 4.78 is 0. The molecule has 0 saturated heterocycles. The second-order valence-electron chi connectivity index (χ2n) is 4.90. The lowest BCUT2D eigenvalue weighted by Gasteiger charge is -2.01. The summed E-state index contributed by atoms with van der Waals surface area (Å²) in [5.74, 6) is 0. The molecule has 0 aliphatic carbocycles. The summed E-state index contributed by atoms with van der Waals surface area (Å²) in [6, 6.07) is 24.5. The predicted molar refractivity (Wildman–Crippen MR) is 107 cm³/mol. The molecule has 0 bridgehead atoms. The van der Waals surface area contributed by atoms with E-state index in [1.165, 1.54) is 0 Å². The van der Waals surface area contributed by atoms with Gasteiger partial charge in [0, 0.05) is 16.5 Å². The summed E-state index contributed by atoms with van der Waals surface area (Å²) in [6.45, 7) is 8.00. The number of benzene rings is 2. The third kappa shape index (κ3) is 4.13. The van der Waals surface area contributed by atoms with E-state index in [-0.39, 0.29) is 0 Å². The minimum Gasteiger partial charge on any atom is -0.275 e. The van der Waals surface area contributed by atoms with E-state index in [9.17, 15) is 0 Å². The van der Waals surface area contributed by atoms with Crippen LogP contribution in [-0.4, -0.2) is 15.2 Å². The fourth-order valence-corrected chi connectivity index (χ4v) is 2.49. The van der Waals surface area contributed by atoms with Gasteiger partial charge in [0.25, 0.3) is 0 Å². The maximum atomic E-state index is 4.65. The number of hydrogen-bond donors (Lipinski definition) is 1. The average Bonchev–Trinajstić information content (AvgIpc) is 3.15. The SMILES string of the molecule is CC.CC.c1ccc(-c2ccc3c(-c4ccccc4)[nH]nc3n2)cc1. The molecule has 0 fully saturated rings. The van der Waals surface area contributed by atoms with Gasteiger partial charge >= 0.3 is 0 Å². The normalized spacial score (nSPS) is 9.60. The number of fused-ring (bicyclic) bond motifs is 1. The van der Waals surface area contributed by atoms with Crippen LogP contribution in [0.2, 0.25) is 0 Å². The van der Waals surface area contributed by atoms with Crippen molar-refractivity contribution in [2.75, 3.05) is 0 Å². The van der Waals surface area contributed by atoms with Crippen LogP contribution in [0.4, 0.5) is 0 Å². The molecule has 0 unspecified atom stereocenters. The second-order valence-corrected chi connectivity index (χ2v) is 4.90. The van der Waals surface area contributed by atoms with E-state index in [2.05, 4.69) is 45.5 Å². The lowest BCUT2D eigenvalue weighted by atomic mass is 10.1. The summed E-state index contributed by atoms with van der Waals surface area (Å²) in [6.07, 6.45) is 0. The lowest BCUT2D eigenvalue weighted by molar-refractivity contribution is 1.10. The van der Waals surface area contributed by atoms with Crippen LogP contribution in [0.15, 0.2) is 72.8 Å². The molecule has 3 nitrogen and oxygen atoms in total. The monoisotopic (exact) mass is 331 g/mol. The smallest absolute Gasteiger partial charge is 0.182 e. The van der Waals surface area contributed by atoms with E-state index in [1.54, 1.807) is 0 Å². The van der Waals surface area contributed by atoms with Gasteiger partial charge in [0.1, 0.15) is 0 Å². The molecule has 4 rings (SSSR count). The van der Waals surface area contributed by atoms with Crippen molar-refractivity contribution in [3.63, 3.8) is 0 Å². The first kappa shape index (κ1) is 18.4. The number of H-pyrrole nitrogens is 1. The Kier molecular flexibility index (Phi) is 6.90. The number of aromatic amines is 1. The van der Waals surface area contributed by atoms with Crippen molar-refractivity contribution in [3.05, 3.63) is 72.8 Å². The molecule has 2 aromatic heterocycles. The molecule has 0 atom stereocenters. The highest BCUT2D eigenvalue weighted by atomic mass is 15.1. The van der Waals surface area contributed by atoms with E-state index in [4.69, 9.17) is 0 Å². The molecule has 4 aromatic rings. The molecular formula is C22H25N3. The van der Waals surface area contributed by atoms with Crippen molar-refractivity contribution in [3.8, 4) is 22.5 Å². The zero-order valence-corrected chi connectivity index (χ0v) is 15.3. The maximum absolute atomic E-state index is 4.65. The van der Waals surface area contributed by atoms with Crippen LogP contribution in [0.3, 0.4) is 0 Å². The summed E-state index contributed by atoms with van der Waals surface area (Å²) in [5.41, 5.74) is 4.92. The van der Waals surface area contributed by atoms with Crippen LogP contribution in [0.5, 0.6) is 0 Å². The molecule has 0 saturated carbocycles. The number of aromatic nitrogens is 3. The molecule has 3 heteroatoms. The van der Waals surface area contributed by atoms with Gasteiger partial charge in [-0.1, -0.05) is 88.4 Å². The van der Waals surface area contributed by atoms with Crippen LogP contribution in [-0.2, 0) is 0 Å². The van der Waals surface area contributed by atoms with Gasteiger partial charge in [0.2, 0.25) is 0 Å². The summed E-state index contributed by atoms with van der Waals surface area (Å²) in [4.78, 5) is 4.65. The van der Waals surface area contributed by atoms with Gasteiger partial charge in [-0.05, 0) is 12.1 Å². The third-order valence-electron chi connectivity index (χ3n) is 3.55. The molecule has 128 valence electrons. The minimum atomic E-state index is 0.746. The number of hydrogen-bond acceptors (Lipinski definition) is 2. The Morgan fingerprint density at radius 3 is 1.80 bits per heavy atom. The Bertz CT molecular complexity index is 881. The summed E-state index contributed by atoms with van der Waals surface area (Å²) >= 11 is 0. The molecule has 25 heavy (non-hydrogen) atoms.